The first-order chi connectivity index (χ1) is 12.1. The van der Waals surface area contributed by atoms with Crippen molar-refractivity contribution in [1.82, 2.24) is 10.3 Å². The minimum atomic E-state index is -0.213. The molecule has 0 bridgehead atoms. The summed E-state index contributed by atoms with van der Waals surface area (Å²) in [6.07, 6.45) is 1.65. The van der Waals surface area contributed by atoms with E-state index in [9.17, 15) is 4.79 Å². The van der Waals surface area contributed by atoms with Crippen LogP contribution in [-0.4, -0.2) is 37.3 Å². The molecule has 1 unspecified atom stereocenters. The number of amides is 1. The second-order valence-corrected chi connectivity index (χ2v) is 6.09. The van der Waals surface area contributed by atoms with Crippen molar-refractivity contribution in [3.63, 3.8) is 0 Å². The topological polar surface area (TPSA) is 69.7 Å². The number of methoxy groups -OCH3 is 1. The van der Waals surface area contributed by atoms with E-state index in [-0.39, 0.29) is 11.9 Å². The van der Waals surface area contributed by atoms with Crippen molar-refractivity contribution in [1.29, 1.82) is 0 Å². The van der Waals surface area contributed by atoms with Crippen LogP contribution in [-0.2, 0) is 9.53 Å². The molecular formula is C18H20N2O4S. The van der Waals surface area contributed by atoms with E-state index in [0.717, 1.165) is 10.6 Å². The average Bonchev–Trinajstić information content (AvgIpc) is 3.02. The largest absolute Gasteiger partial charge is 0.491 e. The lowest BCUT2D eigenvalue weighted by atomic mass is 10.3. The Bertz CT molecular complexity index is 746. The second-order valence-electron chi connectivity index (χ2n) is 5.10. The van der Waals surface area contributed by atoms with Crippen LogP contribution < -0.4 is 14.8 Å². The van der Waals surface area contributed by atoms with Gasteiger partial charge in [0, 0.05) is 14.0 Å². The highest BCUT2D eigenvalue weighted by molar-refractivity contribution is 7.13. The monoisotopic (exact) mass is 360 g/mol. The number of thiazole rings is 1. The smallest absolute Gasteiger partial charge is 0.279 e. The Morgan fingerprint density at radius 2 is 2.00 bits per heavy atom. The maximum atomic E-state index is 10.9. The number of ether oxygens (including phenoxy) is 3. The van der Waals surface area contributed by atoms with E-state index < -0.39 is 0 Å². The van der Waals surface area contributed by atoms with Crippen molar-refractivity contribution in [2.45, 2.75) is 19.9 Å². The van der Waals surface area contributed by atoms with E-state index in [1.165, 1.54) is 18.3 Å². The Morgan fingerprint density at radius 3 is 2.68 bits per heavy atom. The van der Waals surface area contributed by atoms with Gasteiger partial charge in [0.05, 0.1) is 18.8 Å². The van der Waals surface area contributed by atoms with Gasteiger partial charge in [-0.2, -0.15) is 0 Å². The van der Waals surface area contributed by atoms with Crippen molar-refractivity contribution in [3.8, 4) is 28.5 Å². The lowest BCUT2D eigenvalue weighted by molar-refractivity contribution is -0.119. The molecule has 0 saturated carbocycles. The molecule has 1 aromatic heterocycles. The van der Waals surface area contributed by atoms with Crippen LogP contribution >= 0.6 is 11.3 Å². The summed E-state index contributed by atoms with van der Waals surface area (Å²) in [5.41, 5.74) is 0. The summed E-state index contributed by atoms with van der Waals surface area (Å²) in [6, 6.07) is 7.07. The molecule has 0 radical (unpaired) electrons. The van der Waals surface area contributed by atoms with Gasteiger partial charge < -0.3 is 19.5 Å². The minimum absolute atomic E-state index is 0.107. The Balaban J connectivity index is 1.90. The molecule has 1 heterocycles. The lowest BCUT2D eigenvalue weighted by Gasteiger charge is -2.06. The first-order valence-electron chi connectivity index (χ1n) is 7.71. The molecule has 7 heteroatoms. The molecule has 1 aromatic carbocycles. The number of benzene rings is 1. The molecule has 0 aliphatic rings. The molecule has 25 heavy (non-hydrogen) atoms. The Hall–Kier alpha value is -2.56. The number of nitrogens with one attached hydrogen (secondary N) is 1. The molecule has 2 aromatic rings. The molecule has 1 atom stereocenters. The van der Waals surface area contributed by atoms with E-state index in [0.29, 0.717) is 24.2 Å². The Kier molecular flexibility index (Phi) is 7.26. The minimum Gasteiger partial charge on any atom is -0.491 e. The average molecular weight is 360 g/mol. The SMILES string of the molecule is COCCOc1ccc(Oc2ncc(C#CC(C)NC(C)=O)s2)cc1. The van der Waals surface area contributed by atoms with Gasteiger partial charge in [0.2, 0.25) is 5.91 Å². The zero-order valence-electron chi connectivity index (χ0n) is 14.4. The summed E-state index contributed by atoms with van der Waals surface area (Å²) < 4.78 is 16.1. The molecule has 2 rings (SSSR count). The molecular weight excluding hydrogens is 340 g/mol. The Labute approximate surface area is 151 Å². The third-order valence-corrected chi connectivity index (χ3v) is 3.69. The molecule has 0 aliphatic carbocycles. The maximum absolute atomic E-state index is 10.9. The maximum Gasteiger partial charge on any atom is 0.279 e. The van der Waals surface area contributed by atoms with Gasteiger partial charge in [-0.05, 0) is 31.2 Å². The van der Waals surface area contributed by atoms with Gasteiger partial charge in [0.1, 0.15) is 23.0 Å². The van der Waals surface area contributed by atoms with Gasteiger partial charge in [-0.3, -0.25) is 4.79 Å². The third kappa shape index (κ3) is 6.83. The highest BCUT2D eigenvalue weighted by atomic mass is 32.1. The first kappa shape index (κ1) is 18.8. The fourth-order valence-corrected chi connectivity index (χ4v) is 2.48. The van der Waals surface area contributed by atoms with E-state index in [2.05, 4.69) is 22.1 Å². The van der Waals surface area contributed by atoms with E-state index in [1.807, 2.05) is 31.2 Å². The molecule has 1 amide bonds. The summed E-state index contributed by atoms with van der Waals surface area (Å²) >= 11 is 1.34. The molecule has 6 nitrogen and oxygen atoms in total. The van der Waals surface area contributed by atoms with Crippen LogP contribution in [0.2, 0.25) is 0 Å². The second kappa shape index (κ2) is 9.67. The van der Waals surface area contributed by atoms with Crippen molar-refractivity contribution in [2.75, 3.05) is 20.3 Å². The standard InChI is InChI=1S/C18H20N2O4S/c1-13(20-14(2)21)4-9-17-12-19-18(25-17)24-16-7-5-15(6-8-16)23-11-10-22-3/h5-8,12-13H,10-11H2,1-3H3,(H,20,21). The van der Waals surface area contributed by atoms with Crippen molar-refractivity contribution >= 4 is 17.2 Å². The van der Waals surface area contributed by atoms with Gasteiger partial charge in [-0.25, -0.2) is 4.98 Å². The highest BCUT2D eigenvalue weighted by Crippen LogP contribution is 2.27. The predicted molar refractivity (Wildman–Crippen MR) is 96.2 cm³/mol. The van der Waals surface area contributed by atoms with E-state index >= 15 is 0 Å². The van der Waals surface area contributed by atoms with Crippen LogP contribution in [0.4, 0.5) is 0 Å². The molecule has 132 valence electrons. The molecule has 0 aliphatic heterocycles. The van der Waals surface area contributed by atoms with Gasteiger partial charge in [-0.1, -0.05) is 23.2 Å². The van der Waals surface area contributed by atoms with E-state index in [1.54, 1.807) is 13.3 Å². The number of aromatic nitrogens is 1. The van der Waals surface area contributed by atoms with Crippen LogP contribution in [0.3, 0.4) is 0 Å². The summed E-state index contributed by atoms with van der Waals surface area (Å²) in [5.74, 6) is 7.23. The normalized spacial score (nSPS) is 11.2. The van der Waals surface area contributed by atoms with Crippen LogP contribution in [0.25, 0.3) is 0 Å². The highest BCUT2D eigenvalue weighted by Gasteiger charge is 2.04. The molecule has 0 saturated heterocycles. The summed E-state index contributed by atoms with van der Waals surface area (Å²) in [7, 11) is 1.63. The molecule has 0 spiro atoms. The quantitative estimate of drug-likeness (QED) is 0.607. The lowest BCUT2D eigenvalue weighted by Crippen LogP contribution is -2.28. The van der Waals surface area contributed by atoms with Crippen LogP contribution in [0.15, 0.2) is 30.5 Å². The van der Waals surface area contributed by atoms with Crippen LogP contribution in [0.5, 0.6) is 16.7 Å². The van der Waals surface area contributed by atoms with Gasteiger partial charge in [0.15, 0.2) is 0 Å². The van der Waals surface area contributed by atoms with Gasteiger partial charge >= 0.3 is 0 Å². The number of hydrogen-bond acceptors (Lipinski definition) is 6. The molecule has 1 N–H and O–H groups in total. The third-order valence-electron chi connectivity index (χ3n) is 2.90. The summed E-state index contributed by atoms with van der Waals surface area (Å²) in [6.45, 7) is 4.33. The van der Waals surface area contributed by atoms with Crippen molar-refractivity contribution in [3.05, 3.63) is 35.3 Å². The number of carbonyl (C=O) groups is 1. The fraction of sp³-hybridized carbons (Fsp3) is 0.333. The van der Waals surface area contributed by atoms with Crippen molar-refractivity contribution in [2.24, 2.45) is 0 Å². The number of carbonyl (C=O) groups excluding carboxylic acids is 1. The summed E-state index contributed by atoms with van der Waals surface area (Å²) in [5, 5.41) is 3.21. The van der Waals surface area contributed by atoms with Crippen LogP contribution in [0, 0.1) is 11.8 Å². The van der Waals surface area contributed by atoms with Crippen molar-refractivity contribution < 1.29 is 19.0 Å². The fourth-order valence-electron chi connectivity index (χ4n) is 1.83. The zero-order valence-corrected chi connectivity index (χ0v) is 15.2. The number of hydrogen-bond donors (Lipinski definition) is 1. The van der Waals surface area contributed by atoms with Gasteiger partial charge in [0.25, 0.3) is 5.19 Å². The first-order valence-corrected chi connectivity index (χ1v) is 8.52. The summed E-state index contributed by atoms with van der Waals surface area (Å²) in [4.78, 5) is 15.9. The van der Waals surface area contributed by atoms with Crippen LogP contribution in [0.1, 0.15) is 18.7 Å². The number of rotatable bonds is 7. The van der Waals surface area contributed by atoms with Gasteiger partial charge in [-0.15, -0.1) is 0 Å². The number of nitrogens with zero attached hydrogens (tertiary/aromatic N) is 1. The predicted octanol–water partition coefficient (Wildman–Crippen LogP) is 2.84. The molecule has 0 fully saturated rings. The van der Waals surface area contributed by atoms with E-state index in [4.69, 9.17) is 14.2 Å². The zero-order chi connectivity index (χ0) is 18.1. The Morgan fingerprint density at radius 1 is 1.28 bits per heavy atom.